The summed E-state index contributed by atoms with van der Waals surface area (Å²) in [6.07, 6.45) is 1.59. The van der Waals surface area contributed by atoms with Gasteiger partial charge in [0.1, 0.15) is 4.88 Å². The lowest BCUT2D eigenvalue weighted by atomic mass is 9.95. The summed E-state index contributed by atoms with van der Waals surface area (Å²) >= 11 is 1.36. The molecule has 1 aliphatic rings. The molecule has 0 atom stereocenters. The van der Waals surface area contributed by atoms with Gasteiger partial charge < -0.3 is 10.6 Å². The zero-order chi connectivity index (χ0) is 9.31. The van der Waals surface area contributed by atoms with Crippen molar-refractivity contribution in [1.82, 2.24) is 15.6 Å². The van der Waals surface area contributed by atoms with E-state index in [1.54, 1.807) is 11.7 Å². The van der Waals surface area contributed by atoms with E-state index in [2.05, 4.69) is 15.6 Å². The van der Waals surface area contributed by atoms with Crippen molar-refractivity contribution in [2.24, 2.45) is 0 Å². The van der Waals surface area contributed by atoms with Crippen LogP contribution in [0.15, 0.2) is 11.7 Å². The zero-order valence-electron chi connectivity index (χ0n) is 7.33. The third-order valence-electron chi connectivity index (χ3n) is 2.10. The molecule has 1 aromatic heterocycles. The number of thiazole rings is 1. The first-order valence-corrected chi connectivity index (χ1v) is 4.99. The van der Waals surface area contributed by atoms with Gasteiger partial charge in [-0.1, -0.05) is 0 Å². The topological polar surface area (TPSA) is 54.0 Å². The van der Waals surface area contributed by atoms with Crippen LogP contribution in [0, 0.1) is 0 Å². The van der Waals surface area contributed by atoms with Crippen LogP contribution in [0.3, 0.4) is 0 Å². The summed E-state index contributed by atoms with van der Waals surface area (Å²) in [5.74, 6) is -0.0218. The average Bonchev–Trinajstić information content (AvgIpc) is 2.53. The highest BCUT2D eigenvalue weighted by Crippen LogP contribution is 2.12. The van der Waals surface area contributed by atoms with Crippen molar-refractivity contribution >= 4 is 17.2 Å². The number of hydrogen-bond acceptors (Lipinski definition) is 4. The number of amides is 1. The zero-order valence-corrected chi connectivity index (χ0v) is 8.15. The fourth-order valence-corrected chi connectivity index (χ4v) is 1.77. The van der Waals surface area contributed by atoms with E-state index in [9.17, 15) is 4.79 Å². The number of nitrogens with one attached hydrogen (secondary N) is 2. The summed E-state index contributed by atoms with van der Waals surface area (Å²) in [5, 5.41) is 6.09. The summed E-state index contributed by atoms with van der Waals surface area (Å²) in [6.45, 7) is 3.72. The van der Waals surface area contributed by atoms with Gasteiger partial charge in [0, 0.05) is 13.1 Å². The third-order valence-corrected chi connectivity index (χ3v) is 2.87. The van der Waals surface area contributed by atoms with E-state index in [1.807, 2.05) is 6.92 Å². The second-order valence-electron chi connectivity index (χ2n) is 3.48. The van der Waals surface area contributed by atoms with Gasteiger partial charge in [0.2, 0.25) is 0 Å². The van der Waals surface area contributed by atoms with Crippen LogP contribution in [0.4, 0.5) is 0 Å². The lowest BCUT2D eigenvalue weighted by Crippen LogP contribution is -2.66. The van der Waals surface area contributed by atoms with Crippen LogP contribution in [0.2, 0.25) is 0 Å². The molecule has 2 heterocycles. The van der Waals surface area contributed by atoms with Gasteiger partial charge in [0.05, 0.1) is 17.2 Å². The molecule has 0 aliphatic carbocycles. The van der Waals surface area contributed by atoms with Crippen molar-refractivity contribution in [2.75, 3.05) is 13.1 Å². The molecule has 1 saturated heterocycles. The first-order valence-electron chi connectivity index (χ1n) is 4.11. The Kier molecular flexibility index (Phi) is 2.05. The van der Waals surface area contributed by atoms with Crippen molar-refractivity contribution in [2.45, 2.75) is 12.5 Å². The van der Waals surface area contributed by atoms with Gasteiger partial charge in [-0.05, 0) is 6.92 Å². The van der Waals surface area contributed by atoms with Gasteiger partial charge in [-0.25, -0.2) is 0 Å². The van der Waals surface area contributed by atoms with E-state index in [4.69, 9.17) is 0 Å². The minimum absolute atomic E-state index is 0.0218. The molecular weight excluding hydrogens is 186 g/mol. The maximum atomic E-state index is 11.5. The highest BCUT2D eigenvalue weighted by Gasteiger charge is 2.33. The Bertz CT molecular complexity index is 305. The maximum absolute atomic E-state index is 11.5. The van der Waals surface area contributed by atoms with Gasteiger partial charge in [-0.3, -0.25) is 9.78 Å². The molecule has 0 bridgehead atoms. The average molecular weight is 197 g/mol. The quantitative estimate of drug-likeness (QED) is 0.714. The highest BCUT2D eigenvalue weighted by molar-refractivity contribution is 7.11. The lowest BCUT2D eigenvalue weighted by molar-refractivity contribution is 0.0876. The molecule has 13 heavy (non-hydrogen) atoms. The van der Waals surface area contributed by atoms with Gasteiger partial charge >= 0.3 is 0 Å². The Morgan fingerprint density at radius 3 is 3.00 bits per heavy atom. The van der Waals surface area contributed by atoms with E-state index in [-0.39, 0.29) is 11.4 Å². The summed E-state index contributed by atoms with van der Waals surface area (Å²) in [6, 6.07) is 0. The number of carbonyl (C=O) groups is 1. The fraction of sp³-hybridized carbons (Fsp3) is 0.500. The van der Waals surface area contributed by atoms with Crippen LogP contribution in [0.25, 0.3) is 0 Å². The van der Waals surface area contributed by atoms with Crippen LogP contribution < -0.4 is 10.6 Å². The Hall–Kier alpha value is -0.940. The molecule has 1 aliphatic heterocycles. The van der Waals surface area contributed by atoms with Crippen molar-refractivity contribution < 1.29 is 4.79 Å². The largest absolute Gasteiger partial charge is 0.344 e. The number of carbonyl (C=O) groups excluding carboxylic acids is 1. The van der Waals surface area contributed by atoms with E-state index >= 15 is 0 Å². The molecule has 2 N–H and O–H groups in total. The van der Waals surface area contributed by atoms with Crippen LogP contribution in [-0.4, -0.2) is 29.5 Å². The lowest BCUT2D eigenvalue weighted by Gasteiger charge is -2.39. The number of rotatable bonds is 2. The van der Waals surface area contributed by atoms with Gasteiger partial charge in [-0.15, -0.1) is 11.3 Å². The number of hydrogen-bond donors (Lipinski definition) is 2. The van der Waals surface area contributed by atoms with Gasteiger partial charge in [-0.2, -0.15) is 0 Å². The molecule has 1 fully saturated rings. The van der Waals surface area contributed by atoms with Crippen molar-refractivity contribution in [3.63, 3.8) is 0 Å². The summed E-state index contributed by atoms with van der Waals surface area (Å²) < 4.78 is 0. The van der Waals surface area contributed by atoms with Crippen LogP contribution in [0.1, 0.15) is 16.6 Å². The van der Waals surface area contributed by atoms with Crippen molar-refractivity contribution in [1.29, 1.82) is 0 Å². The predicted molar refractivity (Wildman–Crippen MR) is 50.9 cm³/mol. The smallest absolute Gasteiger partial charge is 0.263 e. The number of nitrogens with zero attached hydrogens (tertiary/aromatic N) is 1. The third kappa shape index (κ3) is 1.71. The fourth-order valence-electron chi connectivity index (χ4n) is 1.25. The summed E-state index contributed by atoms with van der Waals surface area (Å²) in [5.41, 5.74) is 1.59. The van der Waals surface area contributed by atoms with Gasteiger partial charge in [0.25, 0.3) is 5.91 Å². The van der Waals surface area contributed by atoms with E-state index in [0.29, 0.717) is 4.88 Å². The Morgan fingerprint density at radius 1 is 1.77 bits per heavy atom. The maximum Gasteiger partial charge on any atom is 0.263 e. The molecule has 1 aromatic rings. The van der Waals surface area contributed by atoms with E-state index < -0.39 is 0 Å². The van der Waals surface area contributed by atoms with Crippen LogP contribution in [0.5, 0.6) is 0 Å². The Balaban J connectivity index is 1.99. The summed E-state index contributed by atoms with van der Waals surface area (Å²) in [4.78, 5) is 16.1. The molecule has 1 amide bonds. The van der Waals surface area contributed by atoms with Crippen LogP contribution >= 0.6 is 11.3 Å². The molecule has 0 aromatic carbocycles. The minimum Gasteiger partial charge on any atom is -0.344 e. The van der Waals surface area contributed by atoms with Gasteiger partial charge in [0.15, 0.2) is 0 Å². The standard InChI is InChI=1S/C8H11N3OS/c1-8(3-10-4-8)11-7(12)6-2-9-5-13-6/h2,5,10H,3-4H2,1H3,(H,11,12). The number of aromatic nitrogens is 1. The molecule has 0 spiro atoms. The van der Waals surface area contributed by atoms with Crippen molar-refractivity contribution in [3.05, 3.63) is 16.6 Å². The normalized spacial score (nSPS) is 19.2. The SMILES string of the molecule is CC1(NC(=O)c2cncs2)CNC1. The molecule has 4 nitrogen and oxygen atoms in total. The van der Waals surface area contributed by atoms with Crippen molar-refractivity contribution in [3.8, 4) is 0 Å². The Labute approximate surface area is 80.4 Å². The molecule has 0 radical (unpaired) electrons. The first-order chi connectivity index (χ1) is 6.20. The second-order valence-corrected chi connectivity index (χ2v) is 4.37. The molecular formula is C8H11N3OS. The Morgan fingerprint density at radius 2 is 2.54 bits per heavy atom. The van der Waals surface area contributed by atoms with E-state index in [1.165, 1.54) is 11.3 Å². The second kappa shape index (κ2) is 3.08. The monoisotopic (exact) mass is 197 g/mol. The molecule has 0 unspecified atom stereocenters. The van der Waals surface area contributed by atoms with Crippen LogP contribution in [-0.2, 0) is 0 Å². The molecule has 70 valence electrons. The molecule has 2 rings (SSSR count). The molecule has 5 heteroatoms. The van der Waals surface area contributed by atoms with E-state index in [0.717, 1.165) is 13.1 Å². The summed E-state index contributed by atoms with van der Waals surface area (Å²) in [7, 11) is 0. The predicted octanol–water partition coefficient (Wildman–Crippen LogP) is 0.235. The minimum atomic E-state index is -0.0684. The molecule has 0 saturated carbocycles. The first kappa shape index (κ1) is 8.65. The highest BCUT2D eigenvalue weighted by atomic mass is 32.1.